The maximum Gasteiger partial charge on any atom is 0.407 e. The van der Waals surface area contributed by atoms with E-state index in [2.05, 4.69) is 27.9 Å². The Balaban J connectivity index is 1.49. The lowest BCUT2D eigenvalue weighted by Gasteiger charge is -2.37. The van der Waals surface area contributed by atoms with E-state index in [1.165, 1.54) is 12.1 Å². The molecule has 3 amide bonds. The average molecular weight is 703 g/mol. The second kappa shape index (κ2) is 16.7. The Hall–Kier alpha value is -5.47. The first-order valence-electron chi connectivity index (χ1n) is 17.2. The Morgan fingerprint density at radius 1 is 0.865 bits per heavy atom. The summed E-state index contributed by atoms with van der Waals surface area (Å²) in [5.41, 5.74) is 4.80. The van der Waals surface area contributed by atoms with Crippen molar-refractivity contribution in [1.82, 2.24) is 21.1 Å². The molecule has 1 aliphatic rings. The maximum atomic E-state index is 14.3. The van der Waals surface area contributed by atoms with Crippen LogP contribution in [0.4, 0.5) is 4.79 Å². The minimum atomic E-state index is -2.09. The van der Waals surface area contributed by atoms with Crippen molar-refractivity contribution in [1.29, 1.82) is 0 Å². The number of hydrazine groups is 1. The van der Waals surface area contributed by atoms with Gasteiger partial charge in [0.05, 0.1) is 25.8 Å². The van der Waals surface area contributed by atoms with Crippen molar-refractivity contribution < 1.29 is 29.3 Å². The normalized spacial score (nSPS) is 16.8. The monoisotopic (exact) mass is 702 g/mol. The van der Waals surface area contributed by atoms with Crippen LogP contribution in [0.5, 0.6) is 0 Å². The van der Waals surface area contributed by atoms with Crippen LogP contribution >= 0.6 is 0 Å². The molecule has 5 N–H and O–H groups in total. The molecule has 0 unspecified atom stereocenters. The number of alkyl carbamates (subject to hydrolysis) is 1. The van der Waals surface area contributed by atoms with Gasteiger partial charge in [0.2, 0.25) is 0 Å². The van der Waals surface area contributed by atoms with E-state index in [1.807, 2.05) is 109 Å². The highest BCUT2D eigenvalue weighted by Gasteiger charge is 2.43. The summed E-state index contributed by atoms with van der Waals surface area (Å²) in [6.07, 6.45) is -1.38. The van der Waals surface area contributed by atoms with Crippen LogP contribution in [0, 0.1) is 17.3 Å². The third kappa shape index (κ3) is 9.86. The van der Waals surface area contributed by atoms with Gasteiger partial charge in [-0.25, -0.2) is 9.80 Å². The molecule has 270 valence electrons. The van der Waals surface area contributed by atoms with Gasteiger partial charge in [0, 0.05) is 30.5 Å². The van der Waals surface area contributed by atoms with Gasteiger partial charge in [-0.05, 0) is 51.9 Å². The summed E-state index contributed by atoms with van der Waals surface area (Å²) in [7, 11) is 1.22. The van der Waals surface area contributed by atoms with Crippen molar-refractivity contribution in [2.75, 3.05) is 13.7 Å². The molecule has 10 nitrogen and oxygen atoms in total. The number of benzene rings is 4. The summed E-state index contributed by atoms with van der Waals surface area (Å²) >= 11 is 0. The van der Waals surface area contributed by atoms with E-state index >= 15 is 0 Å². The fourth-order valence-electron chi connectivity index (χ4n) is 6.32. The quantitative estimate of drug-likeness (QED) is 0.115. The number of rotatable bonds is 11. The van der Waals surface area contributed by atoms with Gasteiger partial charge in [-0.2, -0.15) is 0 Å². The number of aliphatic hydroxyl groups excluding tert-OH is 1. The van der Waals surface area contributed by atoms with E-state index in [4.69, 9.17) is 4.74 Å². The summed E-state index contributed by atoms with van der Waals surface area (Å²) < 4.78 is 4.80. The number of amides is 3. The van der Waals surface area contributed by atoms with E-state index < -0.39 is 47.1 Å². The molecule has 0 aliphatic heterocycles. The summed E-state index contributed by atoms with van der Waals surface area (Å²) in [6.45, 7) is 5.13. The van der Waals surface area contributed by atoms with Crippen LogP contribution < -0.4 is 16.1 Å². The number of ether oxygens (including phenoxy) is 1. The summed E-state index contributed by atoms with van der Waals surface area (Å²) in [6, 6.07) is 31.9. The van der Waals surface area contributed by atoms with Crippen LogP contribution in [0.1, 0.15) is 60.2 Å². The second-order valence-corrected chi connectivity index (χ2v) is 14.2. The topological polar surface area (TPSA) is 140 Å². The van der Waals surface area contributed by atoms with E-state index in [0.29, 0.717) is 12.0 Å². The fourth-order valence-corrected chi connectivity index (χ4v) is 6.32. The summed E-state index contributed by atoms with van der Waals surface area (Å²) in [5.74, 6) is 5.06. The van der Waals surface area contributed by atoms with Crippen LogP contribution in [0.2, 0.25) is 0 Å². The maximum absolute atomic E-state index is 14.3. The first-order chi connectivity index (χ1) is 24.8. The number of hydrogen-bond acceptors (Lipinski definition) is 7. The van der Waals surface area contributed by atoms with Gasteiger partial charge in [-0.15, -0.1) is 0 Å². The number of hydrogen-bond donors (Lipinski definition) is 5. The molecule has 0 radical (unpaired) electrons. The SMILES string of the molecule is COC(=O)N[C@H](C(=O)NN(Cc1cccc(C#Cc2ccccc2)c1)C[C@@](O)(Cc1ccccc1)C(=O)N[C@H]1c2ccccc2C[C@H]1O)C(C)(C)C. The van der Waals surface area contributed by atoms with Crippen LogP contribution in [-0.4, -0.2) is 64.5 Å². The lowest BCUT2D eigenvalue weighted by molar-refractivity contribution is -0.147. The number of carbonyl (C=O) groups is 3. The third-order valence-electron chi connectivity index (χ3n) is 8.97. The van der Waals surface area contributed by atoms with Crippen LogP contribution in [0.3, 0.4) is 0 Å². The molecule has 0 fully saturated rings. The summed E-state index contributed by atoms with van der Waals surface area (Å²) in [5, 5.41) is 30.4. The minimum Gasteiger partial charge on any atom is -0.453 e. The second-order valence-electron chi connectivity index (χ2n) is 14.2. The first kappa shape index (κ1) is 37.8. The molecule has 5 rings (SSSR count). The van der Waals surface area contributed by atoms with E-state index in [9.17, 15) is 24.6 Å². The fraction of sp³-hybridized carbons (Fsp3) is 0.310. The zero-order valence-corrected chi connectivity index (χ0v) is 29.9. The molecule has 0 heterocycles. The predicted molar refractivity (Wildman–Crippen MR) is 198 cm³/mol. The lowest BCUT2D eigenvalue weighted by Crippen LogP contribution is -2.62. The number of methoxy groups -OCH3 is 1. The molecule has 10 heteroatoms. The Kier molecular flexibility index (Phi) is 12.1. The third-order valence-corrected chi connectivity index (χ3v) is 8.97. The highest BCUT2D eigenvalue weighted by molar-refractivity contribution is 5.87. The first-order valence-corrected chi connectivity index (χ1v) is 17.2. The Labute approximate surface area is 305 Å². The molecule has 4 aromatic carbocycles. The van der Waals surface area contributed by atoms with Crippen molar-refractivity contribution in [2.24, 2.45) is 5.41 Å². The molecular formula is C42H46N4O6. The van der Waals surface area contributed by atoms with Gasteiger partial charge in [-0.3, -0.25) is 15.0 Å². The molecule has 52 heavy (non-hydrogen) atoms. The predicted octanol–water partition coefficient (Wildman–Crippen LogP) is 4.44. The van der Waals surface area contributed by atoms with Gasteiger partial charge in [0.25, 0.3) is 11.8 Å². The van der Waals surface area contributed by atoms with E-state index in [-0.39, 0.29) is 19.5 Å². The van der Waals surface area contributed by atoms with Gasteiger partial charge in [0.15, 0.2) is 5.60 Å². The van der Waals surface area contributed by atoms with Crippen molar-refractivity contribution in [3.05, 3.63) is 143 Å². The highest BCUT2D eigenvalue weighted by atomic mass is 16.5. The zero-order valence-electron chi connectivity index (χ0n) is 29.9. The minimum absolute atomic E-state index is 0.0704. The number of nitrogens with zero attached hydrogens (tertiary/aromatic N) is 1. The molecule has 1 aliphatic carbocycles. The number of fused-ring (bicyclic) bond motifs is 1. The molecule has 0 saturated heterocycles. The van der Waals surface area contributed by atoms with Crippen molar-refractivity contribution in [3.8, 4) is 11.8 Å². The molecular weight excluding hydrogens is 656 g/mol. The molecule has 0 bridgehead atoms. The van der Waals surface area contributed by atoms with Crippen molar-refractivity contribution in [3.63, 3.8) is 0 Å². The van der Waals surface area contributed by atoms with Crippen molar-refractivity contribution >= 4 is 17.9 Å². The lowest BCUT2D eigenvalue weighted by atomic mass is 9.86. The molecule has 0 saturated carbocycles. The average Bonchev–Trinajstić information content (AvgIpc) is 3.44. The number of aliphatic hydroxyl groups is 2. The highest BCUT2D eigenvalue weighted by Crippen LogP contribution is 2.32. The largest absolute Gasteiger partial charge is 0.453 e. The van der Waals surface area contributed by atoms with Gasteiger partial charge >= 0.3 is 6.09 Å². The van der Waals surface area contributed by atoms with Crippen LogP contribution in [0.25, 0.3) is 0 Å². The Morgan fingerprint density at radius 2 is 1.48 bits per heavy atom. The van der Waals surface area contributed by atoms with Gasteiger partial charge in [-0.1, -0.05) is 118 Å². The van der Waals surface area contributed by atoms with E-state index in [1.54, 1.807) is 20.8 Å². The van der Waals surface area contributed by atoms with E-state index in [0.717, 1.165) is 27.8 Å². The number of carbonyl (C=O) groups excluding carboxylic acids is 3. The van der Waals surface area contributed by atoms with Gasteiger partial charge < -0.3 is 25.6 Å². The smallest absolute Gasteiger partial charge is 0.407 e. The Bertz CT molecular complexity index is 1920. The molecule has 0 spiro atoms. The van der Waals surface area contributed by atoms with Gasteiger partial charge in [0.1, 0.15) is 6.04 Å². The summed E-state index contributed by atoms with van der Waals surface area (Å²) in [4.78, 5) is 40.6. The molecule has 4 aromatic rings. The standard InChI is InChI=1S/C42H46N4O6/c1-41(2,3)37(44-40(50)52-4)38(48)45-46(27-32-19-13-18-30(24-32)23-22-29-14-7-5-8-15-29)28-42(51,26-31-16-9-6-10-17-31)39(49)43-36-34-21-12-11-20-33(34)25-35(36)47/h5-21,24,35-37,47,51H,25-28H2,1-4H3,(H,43,49)(H,44,50)(H,45,48)/t35-,36+,37-,42+/m1/s1. The zero-order chi connectivity index (χ0) is 37.3. The van der Waals surface area contributed by atoms with Crippen molar-refractivity contribution in [2.45, 2.75) is 63.9 Å². The number of nitrogens with one attached hydrogen (secondary N) is 3. The molecule has 4 atom stereocenters. The van der Waals surface area contributed by atoms with Crippen LogP contribution in [-0.2, 0) is 33.7 Å². The van der Waals surface area contributed by atoms with Crippen LogP contribution in [0.15, 0.2) is 109 Å². The molecule has 0 aromatic heterocycles. The Morgan fingerprint density at radius 3 is 2.17 bits per heavy atom.